The molecule has 0 fully saturated rings. The van der Waals surface area contributed by atoms with Crippen molar-refractivity contribution < 1.29 is 39.0 Å². The zero-order chi connectivity index (χ0) is 12.9. The molecule has 0 aromatic carbocycles. The van der Waals surface area contributed by atoms with Crippen LogP contribution in [-0.4, -0.2) is 62.4 Å². The molecule has 96 valence electrons. The van der Waals surface area contributed by atoms with E-state index in [1.54, 1.807) is 0 Å². The smallest absolute Gasteiger partial charge is 0.388 e. The molecule has 4 atom stereocenters. The summed E-state index contributed by atoms with van der Waals surface area (Å²) in [5.74, 6) is 0. The number of hydrogen-bond acceptors (Lipinski definition) is 7. The fourth-order valence-corrected chi connectivity index (χ4v) is 1.15. The third-order valence-corrected chi connectivity index (χ3v) is 2.19. The second kappa shape index (κ2) is 6.38. The largest absolute Gasteiger partial charge is 0.469 e. The number of rotatable bonds is 7. The second-order valence-corrected chi connectivity index (χ2v) is 4.29. The fraction of sp³-hybridized carbons (Fsp3) is 0.833. The van der Waals surface area contributed by atoms with Gasteiger partial charge < -0.3 is 35.6 Å². The number of phosphoric ester groups is 1. The molecular formula is C6H14NO8P. The van der Waals surface area contributed by atoms with Crippen LogP contribution in [0.4, 0.5) is 0 Å². The molecule has 0 radical (unpaired) electrons. The van der Waals surface area contributed by atoms with Gasteiger partial charge in [0.25, 0.3) is 0 Å². The average molecular weight is 259 g/mol. The van der Waals surface area contributed by atoms with E-state index in [1.807, 2.05) is 0 Å². The van der Waals surface area contributed by atoms with Crippen LogP contribution in [0.25, 0.3) is 0 Å². The van der Waals surface area contributed by atoms with Gasteiger partial charge in [-0.1, -0.05) is 0 Å². The summed E-state index contributed by atoms with van der Waals surface area (Å²) < 4.78 is 14.1. The molecule has 0 aliphatic heterocycles. The zero-order valence-corrected chi connectivity index (χ0v) is 8.97. The minimum atomic E-state index is -4.77. The Morgan fingerprint density at radius 1 is 1.25 bits per heavy atom. The molecule has 7 N–H and O–H groups in total. The maximum Gasteiger partial charge on any atom is 0.469 e. The summed E-state index contributed by atoms with van der Waals surface area (Å²) in [6.07, 6.45) is -5.24. The molecule has 0 aromatic heterocycles. The first-order chi connectivity index (χ1) is 7.19. The van der Waals surface area contributed by atoms with Gasteiger partial charge in [-0.05, 0) is 0 Å². The summed E-state index contributed by atoms with van der Waals surface area (Å²) in [6.45, 7) is -0.909. The Hall–Kier alpha value is -0.380. The van der Waals surface area contributed by atoms with Crippen molar-refractivity contribution in [1.29, 1.82) is 0 Å². The number of carbonyl (C=O) groups is 1. The lowest BCUT2D eigenvalue weighted by atomic mass is 10.0. The van der Waals surface area contributed by atoms with Gasteiger partial charge in [0.1, 0.15) is 24.6 Å². The number of nitrogens with two attached hydrogens (primary N) is 1. The van der Waals surface area contributed by atoms with Crippen molar-refractivity contribution in [2.24, 2.45) is 5.73 Å². The van der Waals surface area contributed by atoms with Crippen LogP contribution in [0.1, 0.15) is 0 Å². The van der Waals surface area contributed by atoms with Crippen molar-refractivity contribution in [1.82, 2.24) is 0 Å². The maximum atomic E-state index is 10.3. The first-order valence-corrected chi connectivity index (χ1v) is 5.67. The Labute approximate surface area is 90.7 Å². The predicted octanol–water partition coefficient (Wildman–Crippen LogP) is -3.30. The molecule has 0 rings (SSSR count). The molecule has 0 saturated heterocycles. The number of aliphatic hydroxyl groups is 3. The summed E-state index contributed by atoms with van der Waals surface area (Å²) in [5, 5.41) is 27.5. The van der Waals surface area contributed by atoms with Gasteiger partial charge in [-0.15, -0.1) is 0 Å². The van der Waals surface area contributed by atoms with E-state index in [0.29, 0.717) is 0 Å². The molecule has 0 saturated carbocycles. The van der Waals surface area contributed by atoms with Crippen molar-refractivity contribution in [3.05, 3.63) is 0 Å². The highest BCUT2D eigenvalue weighted by Crippen LogP contribution is 2.35. The quantitative estimate of drug-likeness (QED) is 0.202. The third-order valence-electron chi connectivity index (χ3n) is 1.71. The van der Waals surface area contributed by atoms with Crippen molar-refractivity contribution in [3.8, 4) is 0 Å². The first-order valence-electron chi connectivity index (χ1n) is 4.14. The highest BCUT2D eigenvalue weighted by molar-refractivity contribution is 7.46. The van der Waals surface area contributed by atoms with Crippen LogP contribution >= 0.6 is 7.82 Å². The van der Waals surface area contributed by atoms with Crippen LogP contribution in [-0.2, 0) is 13.9 Å². The molecule has 0 aliphatic rings. The van der Waals surface area contributed by atoms with Crippen LogP contribution in [0.2, 0.25) is 0 Å². The number of aliphatic hydroxyl groups excluding tert-OH is 3. The van der Waals surface area contributed by atoms with E-state index < -0.39 is 38.8 Å². The van der Waals surface area contributed by atoms with Crippen LogP contribution in [0, 0.1) is 0 Å². The van der Waals surface area contributed by atoms with Gasteiger partial charge in [0, 0.05) is 0 Å². The first kappa shape index (κ1) is 15.6. The zero-order valence-electron chi connectivity index (χ0n) is 8.08. The average Bonchev–Trinajstić information content (AvgIpc) is 2.21. The summed E-state index contributed by atoms with van der Waals surface area (Å²) >= 11 is 0. The maximum absolute atomic E-state index is 10.3. The third kappa shape index (κ3) is 5.64. The Morgan fingerprint density at radius 3 is 2.12 bits per heavy atom. The van der Waals surface area contributed by atoms with Crippen LogP contribution in [0.3, 0.4) is 0 Å². The van der Waals surface area contributed by atoms with Crippen molar-refractivity contribution in [2.45, 2.75) is 24.4 Å². The molecule has 9 nitrogen and oxygen atoms in total. The van der Waals surface area contributed by atoms with Crippen LogP contribution in [0.15, 0.2) is 0 Å². The van der Waals surface area contributed by atoms with Crippen LogP contribution in [0.5, 0.6) is 0 Å². The number of carbonyl (C=O) groups excluding carboxylic acids is 1. The van der Waals surface area contributed by atoms with Gasteiger partial charge in [-0.25, -0.2) is 4.57 Å². The van der Waals surface area contributed by atoms with Gasteiger partial charge >= 0.3 is 7.82 Å². The SMILES string of the molecule is N[C@@H](C=O)[C@@H](O)[C@H](O)[C@H](O)COP(=O)(O)O. The standard InChI is InChI=1S/C6H14NO8P/c7-3(1-8)5(10)6(11)4(9)2-15-16(12,13)14/h1,3-6,9-11H,2,7H2,(H2,12,13,14)/t3-,4+,5+,6+/m0/s1. The molecule has 10 heteroatoms. The molecule has 0 unspecified atom stereocenters. The second-order valence-electron chi connectivity index (χ2n) is 3.05. The van der Waals surface area contributed by atoms with Crippen molar-refractivity contribution in [3.63, 3.8) is 0 Å². The Bertz CT molecular complexity index is 267. The Kier molecular flexibility index (Phi) is 6.23. The highest BCUT2D eigenvalue weighted by atomic mass is 31.2. The minimum Gasteiger partial charge on any atom is -0.388 e. The van der Waals surface area contributed by atoms with Gasteiger partial charge in [-0.3, -0.25) is 4.52 Å². The van der Waals surface area contributed by atoms with E-state index in [4.69, 9.17) is 20.6 Å². The Morgan fingerprint density at radius 2 is 1.75 bits per heavy atom. The number of aldehydes is 1. The molecule has 0 aromatic rings. The predicted molar refractivity (Wildman–Crippen MR) is 50.1 cm³/mol. The summed E-state index contributed by atoms with van der Waals surface area (Å²) in [7, 11) is -4.77. The van der Waals surface area contributed by atoms with E-state index in [9.17, 15) is 19.6 Å². The van der Waals surface area contributed by atoms with Crippen molar-refractivity contribution in [2.75, 3.05) is 6.61 Å². The highest BCUT2D eigenvalue weighted by Gasteiger charge is 2.30. The number of hydrogen-bond donors (Lipinski definition) is 6. The van der Waals surface area contributed by atoms with E-state index in [2.05, 4.69) is 4.52 Å². The molecule has 0 bridgehead atoms. The van der Waals surface area contributed by atoms with Crippen LogP contribution < -0.4 is 5.73 Å². The molecule has 0 heterocycles. The summed E-state index contributed by atoms with van der Waals surface area (Å²) in [6, 6.07) is -1.42. The minimum absolute atomic E-state index is 0.157. The molecule has 0 amide bonds. The normalized spacial score (nSPS) is 19.9. The topological polar surface area (TPSA) is 171 Å². The van der Waals surface area contributed by atoms with E-state index in [1.165, 1.54) is 0 Å². The molecule has 0 spiro atoms. The van der Waals surface area contributed by atoms with E-state index in [0.717, 1.165) is 0 Å². The van der Waals surface area contributed by atoms with E-state index in [-0.39, 0.29) is 6.29 Å². The monoisotopic (exact) mass is 259 g/mol. The lowest BCUT2D eigenvalue weighted by Crippen LogP contribution is -2.50. The van der Waals surface area contributed by atoms with E-state index >= 15 is 0 Å². The van der Waals surface area contributed by atoms with Crippen molar-refractivity contribution >= 4 is 14.1 Å². The fourth-order valence-electron chi connectivity index (χ4n) is 0.808. The Balaban J connectivity index is 4.22. The molecule has 0 aliphatic carbocycles. The van der Waals surface area contributed by atoms with Gasteiger partial charge in [0.05, 0.1) is 12.6 Å². The summed E-state index contributed by atoms with van der Waals surface area (Å²) in [5.41, 5.74) is 5.05. The van der Waals surface area contributed by atoms with Gasteiger partial charge in [0.15, 0.2) is 0 Å². The van der Waals surface area contributed by atoms with Gasteiger partial charge in [0.2, 0.25) is 0 Å². The van der Waals surface area contributed by atoms with Gasteiger partial charge in [-0.2, -0.15) is 0 Å². The summed E-state index contributed by atoms with van der Waals surface area (Å²) in [4.78, 5) is 26.7. The lowest BCUT2D eigenvalue weighted by molar-refractivity contribution is -0.118. The molecule has 16 heavy (non-hydrogen) atoms. The number of phosphoric acid groups is 1. The lowest BCUT2D eigenvalue weighted by Gasteiger charge is -2.24. The molecular weight excluding hydrogens is 245 g/mol.